The van der Waals surface area contributed by atoms with Gasteiger partial charge in [0, 0.05) is 23.6 Å². The van der Waals surface area contributed by atoms with E-state index in [4.69, 9.17) is 46.4 Å². The highest BCUT2D eigenvalue weighted by atomic mass is 35.5. The third-order valence-corrected chi connectivity index (χ3v) is 5.81. The molecule has 2 rings (SSSR count). The van der Waals surface area contributed by atoms with Crippen molar-refractivity contribution in [3.8, 4) is 0 Å². The van der Waals surface area contributed by atoms with E-state index in [1.807, 2.05) is 6.92 Å². The zero-order valence-corrected chi connectivity index (χ0v) is 18.5. The van der Waals surface area contributed by atoms with Gasteiger partial charge in [0.25, 0.3) is 0 Å². The Kier molecular flexibility index (Phi) is 8.44. The summed E-state index contributed by atoms with van der Waals surface area (Å²) in [4.78, 5) is 27.1. The molecule has 2 aromatic rings. The predicted octanol–water partition coefficient (Wildman–Crippen LogP) is 5.40. The lowest BCUT2D eigenvalue weighted by molar-refractivity contribution is -0.140. The molecule has 0 radical (unpaired) electrons. The lowest BCUT2D eigenvalue weighted by atomic mass is 10.1. The SMILES string of the molecule is CC[C@@H](C(=O)NC)N(Cc1ccc(Cl)c(Cl)c1)C(=O)Cc1c(Cl)cccc1Cl. The van der Waals surface area contributed by atoms with Crippen molar-refractivity contribution in [2.75, 3.05) is 7.05 Å². The monoisotopic (exact) mass is 460 g/mol. The van der Waals surface area contributed by atoms with Crippen molar-refractivity contribution in [3.63, 3.8) is 0 Å². The number of carbonyl (C=O) groups is 2. The van der Waals surface area contributed by atoms with Crippen LogP contribution < -0.4 is 5.32 Å². The third-order valence-electron chi connectivity index (χ3n) is 4.36. The van der Waals surface area contributed by atoms with Crippen LogP contribution in [0.1, 0.15) is 24.5 Å². The summed E-state index contributed by atoms with van der Waals surface area (Å²) in [6, 6.07) is 9.54. The Bertz CT molecular complexity index is 853. The molecule has 150 valence electrons. The number of halogens is 4. The number of rotatable bonds is 7. The number of nitrogens with one attached hydrogen (secondary N) is 1. The maximum atomic E-state index is 13.2. The number of benzene rings is 2. The molecule has 0 fully saturated rings. The highest BCUT2D eigenvalue weighted by molar-refractivity contribution is 6.42. The van der Waals surface area contributed by atoms with E-state index in [9.17, 15) is 9.59 Å². The quantitative estimate of drug-likeness (QED) is 0.600. The largest absolute Gasteiger partial charge is 0.357 e. The van der Waals surface area contributed by atoms with Crippen LogP contribution in [0.4, 0.5) is 0 Å². The molecule has 4 nitrogen and oxygen atoms in total. The van der Waals surface area contributed by atoms with Crippen LogP contribution in [0.2, 0.25) is 20.1 Å². The highest BCUT2D eigenvalue weighted by Gasteiger charge is 2.29. The minimum Gasteiger partial charge on any atom is -0.357 e. The van der Waals surface area contributed by atoms with Crippen LogP contribution in [0.3, 0.4) is 0 Å². The van der Waals surface area contributed by atoms with Gasteiger partial charge in [-0.25, -0.2) is 0 Å². The van der Waals surface area contributed by atoms with Crippen molar-refractivity contribution in [1.29, 1.82) is 0 Å². The van der Waals surface area contributed by atoms with Gasteiger partial charge in [-0.1, -0.05) is 65.5 Å². The Morgan fingerprint density at radius 1 is 1.00 bits per heavy atom. The topological polar surface area (TPSA) is 49.4 Å². The van der Waals surface area contributed by atoms with Gasteiger partial charge in [-0.05, 0) is 41.8 Å². The number of hydrogen-bond acceptors (Lipinski definition) is 2. The molecule has 0 unspecified atom stereocenters. The maximum Gasteiger partial charge on any atom is 0.242 e. The molecule has 0 bridgehead atoms. The fourth-order valence-electron chi connectivity index (χ4n) is 2.87. The average molecular weight is 462 g/mol. The van der Waals surface area contributed by atoms with Gasteiger partial charge >= 0.3 is 0 Å². The van der Waals surface area contributed by atoms with Gasteiger partial charge in [-0.15, -0.1) is 0 Å². The van der Waals surface area contributed by atoms with E-state index in [1.54, 1.807) is 36.4 Å². The summed E-state index contributed by atoms with van der Waals surface area (Å²) in [5.41, 5.74) is 1.29. The van der Waals surface area contributed by atoms with Gasteiger partial charge in [0.2, 0.25) is 11.8 Å². The van der Waals surface area contributed by atoms with Gasteiger partial charge in [-0.3, -0.25) is 9.59 Å². The van der Waals surface area contributed by atoms with Gasteiger partial charge < -0.3 is 10.2 Å². The highest BCUT2D eigenvalue weighted by Crippen LogP contribution is 2.27. The smallest absolute Gasteiger partial charge is 0.242 e. The molecule has 0 aromatic heterocycles. The molecule has 0 aliphatic carbocycles. The Morgan fingerprint density at radius 2 is 1.64 bits per heavy atom. The van der Waals surface area contributed by atoms with E-state index in [0.717, 1.165) is 5.56 Å². The third kappa shape index (κ3) is 5.54. The van der Waals surface area contributed by atoms with E-state index in [0.29, 0.717) is 32.1 Å². The van der Waals surface area contributed by atoms with Crippen molar-refractivity contribution >= 4 is 58.2 Å². The van der Waals surface area contributed by atoms with Crippen LogP contribution in [0.15, 0.2) is 36.4 Å². The summed E-state index contributed by atoms with van der Waals surface area (Å²) in [6.07, 6.45) is 0.427. The molecule has 8 heteroatoms. The van der Waals surface area contributed by atoms with Crippen molar-refractivity contribution in [2.24, 2.45) is 0 Å². The van der Waals surface area contributed by atoms with Gasteiger partial charge in [0.1, 0.15) is 6.04 Å². The van der Waals surface area contributed by atoms with Crippen LogP contribution in [0, 0.1) is 0 Å². The van der Waals surface area contributed by atoms with Crippen LogP contribution in [0.5, 0.6) is 0 Å². The number of hydrogen-bond donors (Lipinski definition) is 1. The van der Waals surface area contributed by atoms with Crippen LogP contribution in [-0.4, -0.2) is 29.8 Å². The van der Waals surface area contributed by atoms with Crippen LogP contribution in [0.25, 0.3) is 0 Å². The molecule has 1 atom stereocenters. The molecule has 0 aliphatic rings. The van der Waals surface area contributed by atoms with Crippen molar-refractivity contribution in [2.45, 2.75) is 32.4 Å². The molecule has 0 saturated heterocycles. The molecule has 28 heavy (non-hydrogen) atoms. The number of likely N-dealkylation sites (N-methyl/N-ethyl adjacent to an activating group) is 1. The fraction of sp³-hybridized carbons (Fsp3) is 0.300. The standard InChI is InChI=1S/C20H20Cl4N2O2/c1-3-18(20(28)25-2)26(11-12-7-8-16(23)17(24)9-12)19(27)10-13-14(21)5-4-6-15(13)22/h4-9,18H,3,10-11H2,1-2H3,(H,25,28)/t18-/m0/s1. The lowest BCUT2D eigenvalue weighted by Crippen LogP contribution is -2.48. The van der Waals surface area contributed by atoms with Crippen LogP contribution >= 0.6 is 46.4 Å². The summed E-state index contributed by atoms with van der Waals surface area (Å²) >= 11 is 24.5. The normalized spacial score (nSPS) is 11.8. The van der Waals surface area contributed by atoms with Crippen LogP contribution in [-0.2, 0) is 22.6 Å². The van der Waals surface area contributed by atoms with Crippen molar-refractivity contribution < 1.29 is 9.59 Å². The average Bonchev–Trinajstić information content (AvgIpc) is 2.67. The molecule has 2 aromatic carbocycles. The van der Waals surface area contributed by atoms with E-state index in [-0.39, 0.29) is 24.8 Å². The van der Waals surface area contributed by atoms with E-state index in [2.05, 4.69) is 5.32 Å². The molecule has 2 amide bonds. The van der Waals surface area contributed by atoms with E-state index < -0.39 is 6.04 Å². The second-order valence-corrected chi connectivity index (χ2v) is 7.81. The first-order valence-electron chi connectivity index (χ1n) is 8.66. The molecule has 1 N–H and O–H groups in total. The Balaban J connectivity index is 2.37. The predicted molar refractivity (Wildman–Crippen MR) is 115 cm³/mol. The molecular formula is C20H20Cl4N2O2. The number of amides is 2. The summed E-state index contributed by atoms with van der Waals surface area (Å²) < 4.78 is 0. The minimum atomic E-state index is -0.645. The van der Waals surface area contributed by atoms with Gasteiger partial charge in [0.05, 0.1) is 16.5 Å². The summed E-state index contributed by atoms with van der Waals surface area (Å²) in [7, 11) is 1.54. The molecule has 0 heterocycles. The number of nitrogens with zero attached hydrogens (tertiary/aromatic N) is 1. The minimum absolute atomic E-state index is 0.0205. The lowest BCUT2D eigenvalue weighted by Gasteiger charge is -2.30. The second-order valence-electron chi connectivity index (χ2n) is 6.19. The first-order chi connectivity index (χ1) is 13.3. The molecule has 0 aliphatic heterocycles. The molecular weight excluding hydrogens is 442 g/mol. The van der Waals surface area contributed by atoms with Gasteiger partial charge in [0.15, 0.2) is 0 Å². The second kappa shape index (κ2) is 10.4. The van der Waals surface area contributed by atoms with Crippen molar-refractivity contribution in [3.05, 3.63) is 67.6 Å². The summed E-state index contributed by atoms with van der Waals surface area (Å²) in [6.45, 7) is 2.04. The maximum absolute atomic E-state index is 13.2. The molecule has 0 spiro atoms. The van der Waals surface area contributed by atoms with Gasteiger partial charge in [-0.2, -0.15) is 0 Å². The fourth-order valence-corrected chi connectivity index (χ4v) is 3.73. The zero-order chi connectivity index (χ0) is 20.8. The number of carbonyl (C=O) groups excluding carboxylic acids is 2. The summed E-state index contributed by atoms with van der Waals surface area (Å²) in [5, 5.41) is 4.23. The Labute approximate surface area is 184 Å². The van der Waals surface area contributed by atoms with E-state index in [1.165, 1.54) is 11.9 Å². The Morgan fingerprint density at radius 3 is 2.18 bits per heavy atom. The zero-order valence-electron chi connectivity index (χ0n) is 15.4. The molecule has 0 saturated carbocycles. The first kappa shape index (κ1) is 22.8. The van der Waals surface area contributed by atoms with E-state index >= 15 is 0 Å². The Hall–Kier alpha value is -1.46. The van der Waals surface area contributed by atoms with Crippen molar-refractivity contribution in [1.82, 2.24) is 10.2 Å². The first-order valence-corrected chi connectivity index (χ1v) is 10.2. The summed E-state index contributed by atoms with van der Waals surface area (Å²) in [5.74, 6) is -0.516.